The summed E-state index contributed by atoms with van der Waals surface area (Å²) in [5.74, 6) is 0.426. The van der Waals surface area contributed by atoms with Gasteiger partial charge in [0.25, 0.3) is 0 Å². The van der Waals surface area contributed by atoms with Crippen molar-refractivity contribution in [3.63, 3.8) is 0 Å². The third-order valence-electron chi connectivity index (χ3n) is 4.28. The summed E-state index contributed by atoms with van der Waals surface area (Å²) in [5.41, 5.74) is 0.875. The van der Waals surface area contributed by atoms with Crippen molar-refractivity contribution in [2.24, 2.45) is 0 Å². The van der Waals surface area contributed by atoms with E-state index in [-0.39, 0.29) is 27.9 Å². The molecule has 0 aliphatic carbocycles. The molecule has 0 saturated carbocycles. The summed E-state index contributed by atoms with van der Waals surface area (Å²) < 4.78 is 11.2. The van der Waals surface area contributed by atoms with Crippen LogP contribution in [0.15, 0.2) is 51.9 Å². The van der Waals surface area contributed by atoms with Gasteiger partial charge in [-0.1, -0.05) is 38.3 Å². The lowest BCUT2D eigenvalue weighted by Gasteiger charge is -2.09. The average Bonchev–Trinajstić information content (AvgIpc) is 2.62. The number of rotatable bonds is 7. The van der Waals surface area contributed by atoms with Crippen molar-refractivity contribution in [3.05, 3.63) is 52.9 Å². The van der Waals surface area contributed by atoms with Crippen molar-refractivity contribution in [1.82, 2.24) is 0 Å². The van der Waals surface area contributed by atoms with Crippen LogP contribution in [0.4, 0.5) is 0 Å². The monoisotopic (exact) mass is 354 g/mol. The number of phenols is 2. The maximum Gasteiger partial charge on any atom is 0.204 e. The molecule has 3 aromatic rings. The lowest BCUT2D eigenvalue weighted by atomic mass is 10.0. The van der Waals surface area contributed by atoms with Crippen LogP contribution in [0.2, 0.25) is 0 Å². The topological polar surface area (TPSA) is 79.9 Å². The summed E-state index contributed by atoms with van der Waals surface area (Å²) in [4.78, 5) is 12.8. The van der Waals surface area contributed by atoms with Crippen molar-refractivity contribution in [2.45, 2.75) is 32.6 Å². The summed E-state index contributed by atoms with van der Waals surface area (Å²) in [6.07, 6.45) is 5.73. The Morgan fingerprint density at radius 3 is 2.54 bits per heavy atom. The molecule has 1 heterocycles. The zero-order chi connectivity index (χ0) is 18.5. The standard InChI is InChI=1S/C21H22O5/c1-2-3-4-5-10-25-16-11-18(23)20-19(12-16)26-13-17(21(20)24)14-6-8-15(22)9-7-14/h6-9,11-13,22-23H,2-5,10H2,1H3. The second kappa shape index (κ2) is 7.95. The van der Waals surface area contributed by atoms with E-state index < -0.39 is 0 Å². The van der Waals surface area contributed by atoms with Gasteiger partial charge in [-0.05, 0) is 24.1 Å². The number of benzene rings is 2. The van der Waals surface area contributed by atoms with E-state index in [1.54, 1.807) is 18.2 Å². The number of fused-ring (bicyclic) bond motifs is 1. The van der Waals surface area contributed by atoms with Gasteiger partial charge in [0.15, 0.2) is 0 Å². The fraction of sp³-hybridized carbons (Fsp3) is 0.286. The van der Waals surface area contributed by atoms with Crippen LogP contribution in [0.1, 0.15) is 32.6 Å². The Morgan fingerprint density at radius 2 is 1.81 bits per heavy atom. The number of phenolic OH excluding ortho intramolecular Hbond substituents is 2. The first kappa shape index (κ1) is 17.9. The molecule has 3 rings (SSSR count). The van der Waals surface area contributed by atoms with Crippen LogP contribution in [-0.2, 0) is 0 Å². The summed E-state index contributed by atoms with van der Waals surface area (Å²) in [5, 5.41) is 19.8. The summed E-state index contributed by atoms with van der Waals surface area (Å²) >= 11 is 0. The van der Waals surface area contributed by atoms with Gasteiger partial charge in [-0.15, -0.1) is 0 Å². The molecule has 0 atom stereocenters. The van der Waals surface area contributed by atoms with Crippen molar-refractivity contribution in [1.29, 1.82) is 0 Å². The predicted octanol–water partition coefficient (Wildman–Crippen LogP) is 4.83. The SMILES string of the molecule is CCCCCCOc1cc(O)c2c(=O)c(-c3ccc(O)cc3)coc2c1. The molecule has 5 nitrogen and oxygen atoms in total. The van der Waals surface area contributed by atoms with Gasteiger partial charge in [0, 0.05) is 12.1 Å². The van der Waals surface area contributed by atoms with Crippen LogP contribution in [0.5, 0.6) is 17.2 Å². The van der Waals surface area contributed by atoms with Crippen LogP contribution in [-0.4, -0.2) is 16.8 Å². The lowest BCUT2D eigenvalue weighted by molar-refractivity contribution is 0.303. The van der Waals surface area contributed by atoms with Crippen molar-refractivity contribution in [2.75, 3.05) is 6.61 Å². The minimum Gasteiger partial charge on any atom is -0.508 e. The van der Waals surface area contributed by atoms with Crippen molar-refractivity contribution < 1.29 is 19.4 Å². The van der Waals surface area contributed by atoms with Crippen molar-refractivity contribution in [3.8, 4) is 28.4 Å². The number of unbranched alkanes of at least 4 members (excludes halogenated alkanes) is 3. The minimum absolute atomic E-state index is 0.113. The van der Waals surface area contributed by atoms with Crippen LogP contribution in [0, 0.1) is 0 Å². The second-order valence-electron chi connectivity index (χ2n) is 6.25. The largest absolute Gasteiger partial charge is 0.508 e. The minimum atomic E-state index is -0.330. The van der Waals surface area contributed by atoms with Gasteiger partial charge >= 0.3 is 0 Å². The van der Waals surface area contributed by atoms with Gasteiger partial charge in [-0.2, -0.15) is 0 Å². The van der Waals surface area contributed by atoms with Gasteiger partial charge in [0.1, 0.15) is 34.5 Å². The third-order valence-corrected chi connectivity index (χ3v) is 4.28. The Morgan fingerprint density at radius 1 is 1.04 bits per heavy atom. The van der Waals surface area contributed by atoms with Crippen molar-refractivity contribution >= 4 is 11.0 Å². The molecule has 136 valence electrons. The number of hydrogen-bond acceptors (Lipinski definition) is 5. The first-order chi connectivity index (χ1) is 12.6. The molecule has 0 radical (unpaired) electrons. The zero-order valence-corrected chi connectivity index (χ0v) is 14.7. The van der Waals surface area contributed by atoms with Gasteiger partial charge in [-0.25, -0.2) is 0 Å². The Balaban J connectivity index is 1.89. The molecule has 0 aliphatic rings. The Kier molecular flexibility index (Phi) is 5.46. The normalized spacial score (nSPS) is 11.0. The average molecular weight is 354 g/mol. The van der Waals surface area contributed by atoms with Gasteiger partial charge in [-0.3, -0.25) is 4.79 Å². The second-order valence-corrected chi connectivity index (χ2v) is 6.25. The van der Waals surface area contributed by atoms with Crippen LogP contribution >= 0.6 is 0 Å². The molecule has 2 aromatic carbocycles. The predicted molar refractivity (Wildman–Crippen MR) is 101 cm³/mol. The quantitative estimate of drug-likeness (QED) is 0.594. The summed E-state index contributed by atoms with van der Waals surface area (Å²) in [6, 6.07) is 9.30. The molecular weight excluding hydrogens is 332 g/mol. The fourth-order valence-corrected chi connectivity index (χ4v) is 2.85. The molecule has 0 amide bonds. The molecule has 0 spiro atoms. The van der Waals surface area contributed by atoms with E-state index in [0.29, 0.717) is 23.5 Å². The van der Waals surface area contributed by atoms with E-state index in [9.17, 15) is 15.0 Å². The Hall–Kier alpha value is -2.95. The van der Waals surface area contributed by atoms with E-state index in [1.807, 2.05) is 0 Å². The molecule has 0 aliphatic heterocycles. The first-order valence-electron chi connectivity index (χ1n) is 8.81. The molecule has 1 aromatic heterocycles. The van der Waals surface area contributed by atoms with E-state index in [4.69, 9.17) is 9.15 Å². The summed E-state index contributed by atoms with van der Waals surface area (Å²) in [7, 11) is 0. The highest BCUT2D eigenvalue weighted by Crippen LogP contribution is 2.30. The number of hydrogen-bond donors (Lipinski definition) is 2. The molecule has 2 N–H and O–H groups in total. The van der Waals surface area contributed by atoms with Crippen LogP contribution in [0.25, 0.3) is 22.1 Å². The third kappa shape index (κ3) is 3.82. The summed E-state index contributed by atoms with van der Waals surface area (Å²) in [6.45, 7) is 2.71. The van der Waals surface area contributed by atoms with E-state index in [0.717, 1.165) is 19.3 Å². The first-order valence-corrected chi connectivity index (χ1v) is 8.81. The molecular formula is C21H22O5. The molecule has 5 heteroatoms. The molecule has 0 bridgehead atoms. The fourth-order valence-electron chi connectivity index (χ4n) is 2.85. The molecule has 0 unspecified atom stereocenters. The number of aromatic hydroxyl groups is 2. The Bertz CT molecular complexity index is 941. The van der Waals surface area contributed by atoms with Gasteiger partial charge in [0.2, 0.25) is 5.43 Å². The van der Waals surface area contributed by atoms with Crippen LogP contribution < -0.4 is 10.2 Å². The molecule has 26 heavy (non-hydrogen) atoms. The van der Waals surface area contributed by atoms with Crippen LogP contribution in [0.3, 0.4) is 0 Å². The highest BCUT2D eigenvalue weighted by Gasteiger charge is 2.14. The highest BCUT2D eigenvalue weighted by molar-refractivity contribution is 5.88. The molecule has 0 saturated heterocycles. The zero-order valence-electron chi connectivity index (χ0n) is 14.7. The maximum atomic E-state index is 12.8. The van der Waals surface area contributed by atoms with E-state index in [1.165, 1.54) is 30.9 Å². The van der Waals surface area contributed by atoms with Gasteiger partial charge < -0.3 is 19.4 Å². The molecule has 0 fully saturated rings. The van der Waals surface area contributed by atoms with E-state index in [2.05, 4.69) is 6.92 Å². The lowest BCUT2D eigenvalue weighted by Crippen LogP contribution is -2.05. The number of ether oxygens (including phenoxy) is 1. The van der Waals surface area contributed by atoms with Gasteiger partial charge in [0.05, 0.1) is 12.2 Å². The van der Waals surface area contributed by atoms with E-state index >= 15 is 0 Å². The Labute approximate surface area is 151 Å². The smallest absolute Gasteiger partial charge is 0.204 e. The highest BCUT2D eigenvalue weighted by atomic mass is 16.5. The maximum absolute atomic E-state index is 12.8.